The molecule has 0 aliphatic carbocycles. The molecular formula is C25H32N3O2+. The minimum atomic E-state index is -0.309. The number of hydrazine groups is 1. The number of nitrogens with zero attached hydrogens (tertiary/aromatic N) is 1. The third kappa shape index (κ3) is 3.17. The maximum absolute atomic E-state index is 6.77. The number of methoxy groups -OCH3 is 1. The SMILES string of the molecule is COc1ccc(C2=C[C@@H]3c4cc(C)ccc4OC4(CC[NH+](C(C)C)CC4)N3N2)cc1. The van der Waals surface area contributed by atoms with E-state index in [1.807, 2.05) is 12.1 Å². The van der Waals surface area contributed by atoms with E-state index in [9.17, 15) is 0 Å². The monoisotopic (exact) mass is 406 g/mol. The average Bonchev–Trinajstić information content (AvgIpc) is 3.22. The van der Waals surface area contributed by atoms with Crippen molar-refractivity contribution in [2.75, 3.05) is 20.2 Å². The molecular weight excluding hydrogens is 374 g/mol. The number of aryl methyl sites for hydroxylation is 1. The lowest BCUT2D eigenvalue weighted by atomic mass is 9.91. The third-order valence-corrected chi connectivity index (χ3v) is 6.96. The molecule has 0 saturated carbocycles. The fourth-order valence-electron chi connectivity index (χ4n) is 5.11. The van der Waals surface area contributed by atoms with Crippen LogP contribution in [0, 0.1) is 6.92 Å². The summed E-state index contributed by atoms with van der Waals surface area (Å²) in [5.41, 5.74) is 8.23. The fourth-order valence-corrected chi connectivity index (χ4v) is 5.11. The van der Waals surface area contributed by atoms with Crippen LogP contribution in [0.5, 0.6) is 11.5 Å². The van der Waals surface area contributed by atoms with E-state index in [0.29, 0.717) is 6.04 Å². The number of likely N-dealkylation sites (tertiary alicyclic amines) is 1. The zero-order valence-corrected chi connectivity index (χ0v) is 18.4. The maximum atomic E-state index is 6.77. The molecule has 2 aromatic carbocycles. The van der Waals surface area contributed by atoms with Gasteiger partial charge in [-0.05, 0) is 62.7 Å². The molecule has 1 spiro atoms. The molecule has 3 aliphatic heterocycles. The molecule has 5 heteroatoms. The Hall–Kier alpha value is -2.50. The molecule has 0 bridgehead atoms. The molecule has 5 nitrogen and oxygen atoms in total. The minimum absolute atomic E-state index is 0.173. The zero-order valence-electron chi connectivity index (χ0n) is 18.4. The summed E-state index contributed by atoms with van der Waals surface area (Å²) < 4.78 is 12.1. The van der Waals surface area contributed by atoms with E-state index < -0.39 is 0 Å². The van der Waals surface area contributed by atoms with Crippen LogP contribution in [0.2, 0.25) is 0 Å². The lowest BCUT2D eigenvalue weighted by molar-refractivity contribution is -0.929. The number of rotatable bonds is 3. The second kappa shape index (κ2) is 7.33. The number of hydrogen-bond acceptors (Lipinski definition) is 4. The summed E-state index contributed by atoms with van der Waals surface area (Å²) in [6, 6.07) is 15.7. The van der Waals surface area contributed by atoms with Gasteiger partial charge in [0.1, 0.15) is 11.5 Å². The van der Waals surface area contributed by atoms with Crippen molar-refractivity contribution in [1.82, 2.24) is 10.4 Å². The number of quaternary nitrogens is 1. The summed E-state index contributed by atoms with van der Waals surface area (Å²) in [4.78, 5) is 1.66. The predicted molar refractivity (Wildman–Crippen MR) is 118 cm³/mol. The van der Waals surface area contributed by atoms with Crippen LogP contribution < -0.4 is 19.8 Å². The Morgan fingerprint density at radius 3 is 2.53 bits per heavy atom. The van der Waals surface area contributed by atoms with E-state index in [0.717, 1.165) is 43.1 Å². The van der Waals surface area contributed by atoms with Crippen molar-refractivity contribution in [2.45, 2.75) is 51.4 Å². The first-order valence-electron chi connectivity index (χ1n) is 11.1. The molecule has 2 aromatic rings. The lowest BCUT2D eigenvalue weighted by Gasteiger charge is -2.51. The molecule has 158 valence electrons. The van der Waals surface area contributed by atoms with Crippen molar-refractivity contribution in [1.29, 1.82) is 0 Å². The summed E-state index contributed by atoms with van der Waals surface area (Å²) >= 11 is 0. The highest BCUT2D eigenvalue weighted by Crippen LogP contribution is 2.48. The largest absolute Gasteiger partial charge is 0.497 e. The van der Waals surface area contributed by atoms with Crippen LogP contribution in [0.1, 0.15) is 49.4 Å². The van der Waals surface area contributed by atoms with Crippen LogP contribution >= 0.6 is 0 Å². The smallest absolute Gasteiger partial charge is 0.191 e. The summed E-state index contributed by atoms with van der Waals surface area (Å²) in [6.07, 6.45) is 4.38. The molecule has 0 radical (unpaired) electrons. The Labute approximate surface area is 179 Å². The molecule has 0 aromatic heterocycles. The average molecular weight is 407 g/mol. The molecule has 3 aliphatic rings. The molecule has 0 unspecified atom stereocenters. The second-order valence-corrected chi connectivity index (χ2v) is 9.14. The van der Waals surface area contributed by atoms with Crippen molar-refractivity contribution in [3.05, 3.63) is 65.2 Å². The number of hydrogen-bond donors (Lipinski definition) is 2. The Bertz CT molecular complexity index is 959. The van der Waals surface area contributed by atoms with Crippen molar-refractivity contribution in [3.63, 3.8) is 0 Å². The first-order chi connectivity index (χ1) is 14.5. The van der Waals surface area contributed by atoms with Gasteiger partial charge in [0.25, 0.3) is 0 Å². The van der Waals surface area contributed by atoms with Gasteiger partial charge in [-0.15, -0.1) is 0 Å². The van der Waals surface area contributed by atoms with E-state index in [2.05, 4.69) is 67.6 Å². The molecule has 30 heavy (non-hydrogen) atoms. The van der Waals surface area contributed by atoms with Crippen molar-refractivity contribution < 1.29 is 14.4 Å². The molecule has 2 N–H and O–H groups in total. The highest BCUT2D eigenvalue weighted by molar-refractivity contribution is 5.68. The van der Waals surface area contributed by atoms with Crippen LogP contribution in [0.15, 0.2) is 48.5 Å². The lowest BCUT2D eigenvalue weighted by Crippen LogP contribution is -3.16. The number of ether oxygens (including phenoxy) is 2. The van der Waals surface area contributed by atoms with Gasteiger partial charge in [0, 0.05) is 5.56 Å². The van der Waals surface area contributed by atoms with Crippen molar-refractivity contribution in [2.24, 2.45) is 0 Å². The molecule has 1 atom stereocenters. The van der Waals surface area contributed by atoms with Gasteiger partial charge < -0.3 is 19.8 Å². The topological polar surface area (TPSA) is 38.2 Å². The summed E-state index contributed by atoms with van der Waals surface area (Å²) in [7, 11) is 1.70. The van der Waals surface area contributed by atoms with E-state index in [1.54, 1.807) is 12.0 Å². The summed E-state index contributed by atoms with van der Waals surface area (Å²) in [6.45, 7) is 9.03. The van der Waals surface area contributed by atoms with Crippen molar-refractivity contribution >= 4 is 5.70 Å². The number of benzene rings is 2. The predicted octanol–water partition coefficient (Wildman–Crippen LogP) is 3.08. The Morgan fingerprint density at radius 2 is 1.87 bits per heavy atom. The standard InChI is InChI=1S/C25H31N3O2/c1-17(2)27-13-11-25(12-14-27)28-23(21-15-18(3)5-10-24(21)30-25)16-22(26-28)19-6-8-20(29-4)9-7-19/h5-10,15-17,23,26H,11-14H2,1-4H3/p+1/t23-/m1/s1. The van der Waals surface area contributed by atoms with Gasteiger partial charge in [0.15, 0.2) is 5.72 Å². The zero-order chi connectivity index (χ0) is 20.9. The van der Waals surface area contributed by atoms with Crippen LogP contribution in [0.25, 0.3) is 5.70 Å². The molecule has 5 rings (SSSR count). The molecule has 1 fully saturated rings. The summed E-state index contributed by atoms with van der Waals surface area (Å²) in [5, 5.41) is 2.38. The van der Waals surface area contributed by atoms with E-state index in [1.165, 1.54) is 16.7 Å². The normalized spacial score (nSPS) is 27.8. The number of fused-ring (bicyclic) bond motifs is 4. The van der Waals surface area contributed by atoms with Gasteiger partial charge in [-0.2, -0.15) is 5.01 Å². The van der Waals surface area contributed by atoms with Gasteiger partial charge in [-0.25, -0.2) is 0 Å². The Kier molecular flexibility index (Phi) is 4.75. The van der Waals surface area contributed by atoms with Gasteiger partial charge in [0.2, 0.25) is 0 Å². The minimum Gasteiger partial charge on any atom is -0.497 e. The van der Waals surface area contributed by atoms with Gasteiger partial charge in [-0.1, -0.05) is 17.7 Å². The number of piperidine rings is 1. The van der Waals surface area contributed by atoms with Crippen LogP contribution in [0.4, 0.5) is 0 Å². The van der Waals surface area contributed by atoms with E-state index in [4.69, 9.17) is 9.47 Å². The van der Waals surface area contributed by atoms with Crippen LogP contribution in [-0.2, 0) is 0 Å². The summed E-state index contributed by atoms with van der Waals surface area (Å²) in [5.74, 6) is 1.91. The Morgan fingerprint density at radius 1 is 1.13 bits per heavy atom. The quantitative estimate of drug-likeness (QED) is 0.822. The van der Waals surface area contributed by atoms with Crippen LogP contribution in [-0.4, -0.2) is 37.0 Å². The maximum Gasteiger partial charge on any atom is 0.191 e. The van der Waals surface area contributed by atoms with E-state index in [-0.39, 0.29) is 11.8 Å². The van der Waals surface area contributed by atoms with Crippen LogP contribution in [0.3, 0.4) is 0 Å². The van der Waals surface area contributed by atoms with Gasteiger partial charge in [0.05, 0.1) is 50.8 Å². The fraction of sp³-hybridized carbons (Fsp3) is 0.440. The molecule has 1 saturated heterocycles. The first-order valence-corrected chi connectivity index (χ1v) is 11.1. The molecule has 0 amide bonds. The first kappa shape index (κ1) is 19.5. The number of nitrogens with one attached hydrogen (secondary N) is 2. The van der Waals surface area contributed by atoms with E-state index >= 15 is 0 Å². The van der Waals surface area contributed by atoms with Crippen molar-refractivity contribution in [3.8, 4) is 11.5 Å². The highest BCUT2D eigenvalue weighted by atomic mass is 16.5. The van der Waals surface area contributed by atoms with Gasteiger partial charge in [-0.3, -0.25) is 0 Å². The second-order valence-electron chi connectivity index (χ2n) is 9.14. The Balaban J connectivity index is 1.51. The highest BCUT2D eigenvalue weighted by Gasteiger charge is 2.52. The third-order valence-electron chi connectivity index (χ3n) is 6.96. The molecule has 3 heterocycles. The van der Waals surface area contributed by atoms with Gasteiger partial charge >= 0.3 is 0 Å².